The molecule has 170 valence electrons. The monoisotopic (exact) mass is 482 g/mol. The summed E-state index contributed by atoms with van der Waals surface area (Å²) in [5, 5.41) is 11.3. The lowest BCUT2D eigenvalue weighted by Gasteiger charge is -2.11. The first-order valence-corrected chi connectivity index (χ1v) is 12.0. The van der Waals surface area contributed by atoms with Gasteiger partial charge in [0, 0.05) is 24.9 Å². The second-order valence-corrected chi connectivity index (χ2v) is 9.31. The maximum absolute atomic E-state index is 12.8. The Morgan fingerprint density at radius 2 is 1.94 bits per heavy atom. The smallest absolute Gasteiger partial charge is 0.329 e. The molecule has 0 radical (unpaired) electrons. The Hall–Kier alpha value is -3.44. The molecule has 3 aromatic heterocycles. The number of aryl methyl sites for hydroxylation is 1. The number of carbonyl (C=O) groups excluding carboxylic acids is 1. The van der Waals surface area contributed by atoms with Gasteiger partial charge in [-0.15, -0.1) is 21.5 Å². The molecule has 0 fully saturated rings. The Kier molecular flexibility index (Phi) is 6.90. The van der Waals surface area contributed by atoms with Gasteiger partial charge in [-0.25, -0.2) is 4.79 Å². The highest BCUT2D eigenvalue weighted by atomic mass is 32.2. The lowest BCUT2D eigenvalue weighted by Crippen LogP contribution is -2.35. The molecular weight excluding hydrogens is 460 g/mol. The number of Topliss-reactive ketones (excluding diaryl/α,β-unsaturated/α-hetero) is 1. The predicted molar refractivity (Wildman–Crippen MR) is 129 cm³/mol. The van der Waals surface area contributed by atoms with Gasteiger partial charge in [-0.2, -0.15) is 0 Å². The Morgan fingerprint density at radius 1 is 1.15 bits per heavy atom. The first-order chi connectivity index (χ1) is 15.9. The number of anilines is 1. The third-order valence-corrected chi connectivity index (χ3v) is 7.00. The quantitative estimate of drug-likeness (QED) is 0.276. The number of aromatic amines is 1. The summed E-state index contributed by atoms with van der Waals surface area (Å²) in [7, 11) is 1.40. The van der Waals surface area contributed by atoms with Crippen molar-refractivity contribution in [2.45, 2.75) is 24.5 Å². The molecule has 3 N–H and O–H groups in total. The number of nitrogens with one attached hydrogen (secondary N) is 1. The summed E-state index contributed by atoms with van der Waals surface area (Å²) < 4.78 is 3.06. The average Bonchev–Trinajstić information content (AvgIpc) is 3.45. The van der Waals surface area contributed by atoms with Gasteiger partial charge in [0.15, 0.2) is 10.9 Å². The maximum atomic E-state index is 12.8. The SMILES string of the molecule is Cn1c(N)c(C(=O)CSc2nnc(Cc3cccs3)n2CCc2ccccc2)c(=O)[nH]c1=O. The zero-order valence-electron chi connectivity index (χ0n) is 17.9. The number of hydrogen-bond donors (Lipinski definition) is 2. The molecule has 9 nitrogen and oxygen atoms in total. The van der Waals surface area contributed by atoms with Gasteiger partial charge < -0.3 is 10.3 Å². The van der Waals surface area contributed by atoms with Crippen molar-refractivity contribution in [2.24, 2.45) is 7.05 Å². The molecule has 0 aliphatic rings. The van der Waals surface area contributed by atoms with Crippen molar-refractivity contribution < 1.29 is 4.79 Å². The predicted octanol–water partition coefficient (Wildman–Crippen LogP) is 2.12. The minimum atomic E-state index is -0.787. The van der Waals surface area contributed by atoms with E-state index in [1.807, 2.05) is 40.3 Å². The van der Waals surface area contributed by atoms with Crippen LogP contribution in [0.2, 0.25) is 0 Å². The van der Waals surface area contributed by atoms with Gasteiger partial charge in [0.25, 0.3) is 5.56 Å². The van der Waals surface area contributed by atoms with Crippen molar-refractivity contribution in [3.63, 3.8) is 0 Å². The summed E-state index contributed by atoms with van der Waals surface area (Å²) in [6.07, 6.45) is 1.42. The van der Waals surface area contributed by atoms with Crippen LogP contribution in [0.4, 0.5) is 5.82 Å². The van der Waals surface area contributed by atoms with Crippen molar-refractivity contribution in [1.82, 2.24) is 24.3 Å². The van der Waals surface area contributed by atoms with E-state index in [2.05, 4.69) is 27.3 Å². The Bertz CT molecular complexity index is 1370. The zero-order chi connectivity index (χ0) is 23.4. The van der Waals surface area contributed by atoms with Crippen molar-refractivity contribution >= 4 is 34.7 Å². The highest BCUT2D eigenvalue weighted by Crippen LogP contribution is 2.22. The number of rotatable bonds is 9. The standard InChI is InChI=1S/C22H22N6O3S2/c1-27-19(23)18(20(30)24-21(27)31)16(29)13-33-22-26-25-17(12-15-8-5-11-32-15)28(22)10-9-14-6-3-2-4-7-14/h2-8,11H,9-10,12-13,23H2,1H3,(H,24,30,31). The van der Waals surface area contributed by atoms with Gasteiger partial charge in [-0.3, -0.25) is 19.1 Å². The van der Waals surface area contributed by atoms with Gasteiger partial charge in [0.2, 0.25) is 0 Å². The number of ketones is 1. The first kappa shape index (κ1) is 22.7. The molecule has 0 saturated carbocycles. The van der Waals surface area contributed by atoms with E-state index < -0.39 is 17.0 Å². The average molecular weight is 483 g/mol. The molecule has 0 aliphatic carbocycles. The van der Waals surface area contributed by atoms with Crippen LogP contribution in [-0.2, 0) is 26.4 Å². The van der Waals surface area contributed by atoms with Gasteiger partial charge in [-0.05, 0) is 23.4 Å². The van der Waals surface area contributed by atoms with E-state index in [-0.39, 0.29) is 17.1 Å². The first-order valence-electron chi connectivity index (χ1n) is 10.2. The van der Waals surface area contributed by atoms with Gasteiger partial charge in [-0.1, -0.05) is 48.2 Å². The lowest BCUT2D eigenvalue weighted by atomic mass is 10.1. The van der Waals surface area contributed by atoms with E-state index in [1.54, 1.807) is 11.3 Å². The highest BCUT2D eigenvalue weighted by molar-refractivity contribution is 7.99. The Balaban J connectivity index is 1.56. The summed E-state index contributed by atoms with van der Waals surface area (Å²) in [5.74, 6) is 0.112. The molecule has 0 saturated heterocycles. The van der Waals surface area contributed by atoms with E-state index in [0.717, 1.165) is 16.8 Å². The molecule has 4 aromatic rings. The molecule has 1 aromatic carbocycles. The number of hydrogen-bond acceptors (Lipinski definition) is 8. The van der Waals surface area contributed by atoms with E-state index in [1.165, 1.54) is 29.3 Å². The number of benzene rings is 1. The number of H-pyrrole nitrogens is 1. The largest absolute Gasteiger partial charge is 0.384 e. The number of nitrogens with zero attached hydrogens (tertiary/aromatic N) is 4. The normalized spacial score (nSPS) is 11.1. The van der Waals surface area contributed by atoms with E-state index in [4.69, 9.17) is 5.73 Å². The van der Waals surface area contributed by atoms with Crippen molar-refractivity contribution in [2.75, 3.05) is 11.5 Å². The summed E-state index contributed by atoms with van der Waals surface area (Å²) in [6.45, 7) is 0.650. The minimum absolute atomic E-state index is 0.0616. The van der Waals surface area contributed by atoms with Crippen LogP contribution in [0.3, 0.4) is 0 Å². The number of nitrogen functional groups attached to an aromatic ring is 1. The highest BCUT2D eigenvalue weighted by Gasteiger charge is 2.20. The molecule has 0 atom stereocenters. The topological polar surface area (TPSA) is 129 Å². The van der Waals surface area contributed by atoms with Crippen molar-refractivity contribution in [3.8, 4) is 0 Å². The van der Waals surface area contributed by atoms with Crippen molar-refractivity contribution in [1.29, 1.82) is 0 Å². The molecule has 0 spiro atoms. The van der Waals surface area contributed by atoms with Crippen molar-refractivity contribution in [3.05, 3.63) is 90.5 Å². The second-order valence-electron chi connectivity index (χ2n) is 7.33. The number of aromatic nitrogens is 5. The Morgan fingerprint density at radius 3 is 2.67 bits per heavy atom. The number of thiophene rings is 1. The van der Waals surface area contributed by atoms with Crippen LogP contribution in [0.25, 0.3) is 0 Å². The van der Waals surface area contributed by atoms with Crippen LogP contribution in [0.1, 0.15) is 26.6 Å². The van der Waals surface area contributed by atoms with E-state index in [0.29, 0.717) is 18.1 Å². The molecule has 0 bridgehead atoms. The fourth-order valence-electron chi connectivity index (χ4n) is 3.34. The summed E-state index contributed by atoms with van der Waals surface area (Å²) in [4.78, 5) is 39.9. The summed E-state index contributed by atoms with van der Waals surface area (Å²) in [5.41, 5.74) is 5.37. The molecule has 33 heavy (non-hydrogen) atoms. The second kappa shape index (κ2) is 10.0. The summed E-state index contributed by atoms with van der Waals surface area (Å²) in [6, 6.07) is 14.1. The van der Waals surface area contributed by atoms with Gasteiger partial charge in [0.05, 0.1) is 5.75 Å². The van der Waals surface area contributed by atoms with Crippen LogP contribution in [0.5, 0.6) is 0 Å². The number of thioether (sulfide) groups is 1. The summed E-state index contributed by atoms with van der Waals surface area (Å²) >= 11 is 2.84. The number of carbonyl (C=O) groups is 1. The number of nitrogens with two attached hydrogens (primary N) is 1. The lowest BCUT2D eigenvalue weighted by molar-refractivity contribution is 0.102. The third-order valence-electron chi connectivity index (χ3n) is 5.15. The van der Waals surface area contributed by atoms with Crippen LogP contribution < -0.4 is 17.0 Å². The molecule has 0 unspecified atom stereocenters. The van der Waals surface area contributed by atoms with Crippen LogP contribution in [0, 0.1) is 0 Å². The molecule has 4 rings (SSSR count). The zero-order valence-corrected chi connectivity index (χ0v) is 19.5. The van der Waals surface area contributed by atoms with E-state index in [9.17, 15) is 14.4 Å². The molecule has 0 aliphatic heterocycles. The molecule has 11 heteroatoms. The molecule has 0 amide bonds. The molecule has 3 heterocycles. The fourth-order valence-corrected chi connectivity index (χ4v) is 4.90. The minimum Gasteiger partial charge on any atom is -0.384 e. The van der Waals surface area contributed by atoms with Gasteiger partial charge in [0.1, 0.15) is 17.2 Å². The van der Waals surface area contributed by atoms with Crippen LogP contribution in [-0.4, -0.2) is 35.9 Å². The maximum Gasteiger partial charge on any atom is 0.329 e. The van der Waals surface area contributed by atoms with E-state index >= 15 is 0 Å². The molecular formula is C22H22N6O3S2. The Labute approximate surface area is 197 Å². The van der Waals surface area contributed by atoms with Gasteiger partial charge >= 0.3 is 5.69 Å². The van der Waals surface area contributed by atoms with Crippen LogP contribution >= 0.6 is 23.1 Å². The third kappa shape index (κ3) is 5.15. The fraction of sp³-hybridized carbons (Fsp3) is 0.227. The van der Waals surface area contributed by atoms with Crippen LogP contribution in [0.15, 0.2) is 62.6 Å².